The highest BCUT2D eigenvalue weighted by atomic mass is 79.9. The maximum atomic E-state index is 6.48. The van der Waals surface area contributed by atoms with E-state index in [0.29, 0.717) is 13.2 Å². The summed E-state index contributed by atoms with van der Waals surface area (Å²) in [5.74, 6) is 0. The van der Waals surface area contributed by atoms with Crippen molar-refractivity contribution in [3.63, 3.8) is 0 Å². The van der Waals surface area contributed by atoms with Crippen LogP contribution in [-0.4, -0.2) is 30.5 Å². The van der Waals surface area contributed by atoms with Crippen LogP contribution in [0.5, 0.6) is 0 Å². The van der Waals surface area contributed by atoms with Crippen LogP contribution in [0.1, 0.15) is 22.9 Å². The van der Waals surface area contributed by atoms with Crippen molar-refractivity contribution in [2.75, 3.05) is 20.8 Å². The zero-order valence-corrected chi connectivity index (χ0v) is 14.7. The maximum Gasteiger partial charge on any atom is 0.0772 e. The molecule has 21 heavy (non-hydrogen) atoms. The Bertz CT molecular complexity index is 615. The number of aryl methyl sites for hydroxylation is 1. The molecule has 0 radical (unpaired) electrons. The summed E-state index contributed by atoms with van der Waals surface area (Å²) in [5, 5.41) is 8.52. The van der Waals surface area contributed by atoms with Gasteiger partial charge in [-0.25, -0.2) is 0 Å². The molecule has 0 saturated heterocycles. The highest BCUT2D eigenvalue weighted by Crippen LogP contribution is 2.33. The molecule has 6 heteroatoms. The molecule has 1 unspecified atom stereocenters. The molecule has 1 aromatic heterocycles. The molecule has 1 heterocycles. The summed E-state index contributed by atoms with van der Waals surface area (Å²) >= 11 is 10.1. The van der Waals surface area contributed by atoms with Gasteiger partial charge in [0.1, 0.15) is 0 Å². The molecule has 0 aliphatic carbocycles. The minimum Gasteiger partial charge on any atom is -0.383 e. The summed E-state index contributed by atoms with van der Waals surface area (Å²) < 4.78 is 8.04. The third-order valence-electron chi connectivity index (χ3n) is 3.44. The van der Waals surface area contributed by atoms with E-state index in [9.17, 15) is 0 Å². The summed E-state index contributed by atoms with van der Waals surface area (Å²) in [5.41, 5.74) is 3.15. The predicted octanol–water partition coefficient (Wildman–Crippen LogP) is 3.56. The molecular formula is C15H19BrClN3O. The molecule has 0 aliphatic heterocycles. The molecule has 1 aromatic carbocycles. The molecule has 4 nitrogen and oxygen atoms in total. The van der Waals surface area contributed by atoms with Gasteiger partial charge in [-0.05, 0) is 41.0 Å². The predicted molar refractivity (Wildman–Crippen MR) is 88.9 cm³/mol. The lowest BCUT2D eigenvalue weighted by Gasteiger charge is -2.21. The zero-order chi connectivity index (χ0) is 15.4. The van der Waals surface area contributed by atoms with Gasteiger partial charge in [-0.3, -0.25) is 4.68 Å². The molecule has 2 aromatic rings. The van der Waals surface area contributed by atoms with Crippen LogP contribution in [0.25, 0.3) is 0 Å². The SMILES string of the molecule is CNC(c1cccc(C)c1Cl)c1c(Br)cnn1CCOC. The van der Waals surface area contributed by atoms with E-state index in [2.05, 4.69) is 26.3 Å². The van der Waals surface area contributed by atoms with Crippen molar-refractivity contribution < 1.29 is 4.74 Å². The average Bonchev–Trinajstić information content (AvgIpc) is 2.83. The normalized spacial score (nSPS) is 12.6. The largest absolute Gasteiger partial charge is 0.383 e. The van der Waals surface area contributed by atoms with Crippen molar-refractivity contribution in [1.82, 2.24) is 15.1 Å². The van der Waals surface area contributed by atoms with Crippen LogP contribution < -0.4 is 5.32 Å². The molecule has 0 spiro atoms. The molecule has 0 saturated carbocycles. The molecule has 2 rings (SSSR count). The first kappa shape index (κ1) is 16.5. The van der Waals surface area contributed by atoms with Gasteiger partial charge >= 0.3 is 0 Å². The summed E-state index contributed by atoms with van der Waals surface area (Å²) in [6.45, 7) is 3.31. The van der Waals surface area contributed by atoms with Gasteiger partial charge in [-0.1, -0.05) is 29.8 Å². The van der Waals surface area contributed by atoms with Crippen LogP contribution in [0.4, 0.5) is 0 Å². The quantitative estimate of drug-likeness (QED) is 0.842. The van der Waals surface area contributed by atoms with E-state index in [1.807, 2.05) is 36.9 Å². The van der Waals surface area contributed by atoms with Gasteiger partial charge < -0.3 is 10.1 Å². The monoisotopic (exact) mass is 371 g/mol. The molecule has 0 fully saturated rings. The first-order chi connectivity index (χ1) is 10.1. The van der Waals surface area contributed by atoms with E-state index in [0.717, 1.165) is 26.3 Å². The Labute approximate surface area is 138 Å². The number of benzene rings is 1. The van der Waals surface area contributed by atoms with Gasteiger partial charge in [0.2, 0.25) is 0 Å². The van der Waals surface area contributed by atoms with Crippen molar-refractivity contribution in [3.8, 4) is 0 Å². The van der Waals surface area contributed by atoms with Crippen molar-refractivity contribution in [1.29, 1.82) is 0 Å². The topological polar surface area (TPSA) is 39.1 Å². The second-order valence-electron chi connectivity index (χ2n) is 4.79. The fraction of sp³-hybridized carbons (Fsp3) is 0.400. The van der Waals surface area contributed by atoms with Crippen molar-refractivity contribution in [2.24, 2.45) is 0 Å². The second kappa shape index (κ2) is 7.40. The number of halogens is 2. The second-order valence-corrected chi connectivity index (χ2v) is 6.03. The summed E-state index contributed by atoms with van der Waals surface area (Å²) in [7, 11) is 3.61. The Morgan fingerprint density at radius 2 is 2.24 bits per heavy atom. The van der Waals surface area contributed by atoms with E-state index in [4.69, 9.17) is 16.3 Å². The Morgan fingerprint density at radius 1 is 1.48 bits per heavy atom. The van der Waals surface area contributed by atoms with Gasteiger partial charge in [0.25, 0.3) is 0 Å². The van der Waals surface area contributed by atoms with Crippen LogP contribution in [0.3, 0.4) is 0 Å². The van der Waals surface area contributed by atoms with Gasteiger partial charge in [-0.2, -0.15) is 5.10 Å². The smallest absolute Gasteiger partial charge is 0.0772 e. The highest BCUT2D eigenvalue weighted by molar-refractivity contribution is 9.10. The molecule has 114 valence electrons. The Balaban J connectivity index is 2.46. The van der Waals surface area contributed by atoms with Gasteiger partial charge in [0.05, 0.1) is 35.6 Å². The lowest BCUT2D eigenvalue weighted by Crippen LogP contribution is -2.23. The molecule has 0 bridgehead atoms. The van der Waals surface area contributed by atoms with Crippen LogP contribution in [0, 0.1) is 6.92 Å². The van der Waals surface area contributed by atoms with Crippen LogP contribution in [0.15, 0.2) is 28.9 Å². The van der Waals surface area contributed by atoms with Crippen molar-refractivity contribution in [2.45, 2.75) is 19.5 Å². The lowest BCUT2D eigenvalue weighted by molar-refractivity contribution is 0.182. The Hall–Kier alpha value is -0.880. The van der Waals surface area contributed by atoms with E-state index in [1.54, 1.807) is 13.3 Å². The maximum absolute atomic E-state index is 6.48. The number of nitrogens with one attached hydrogen (secondary N) is 1. The third kappa shape index (κ3) is 3.48. The Kier molecular flexibility index (Phi) is 5.81. The van der Waals surface area contributed by atoms with Crippen LogP contribution in [0.2, 0.25) is 5.02 Å². The third-order valence-corrected chi connectivity index (χ3v) is 4.56. The number of aromatic nitrogens is 2. The number of hydrogen-bond donors (Lipinski definition) is 1. The molecule has 1 N–H and O–H groups in total. The van der Waals surface area contributed by atoms with Gasteiger partial charge in [-0.15, -0.1) is 0 Å². The van der Waals surface area contributed by atoms with E-state index in [-0.39, 0.29) is 6.04 Å². The fourth-order valence-electron chi connectivity index (χ4n) is 2.35. The Morgan fingerprint density at radius 3 is 2.90 bits per heavy atom. The summed E-state index contributed by atoms with van der Waals surface area (Å²) in [4.78, 5) is 0. The number of ether oxygens (including phenoxy) is 1. The fourth-order valence-corrected chi connectivity index (χ4v) is 3.11. The minimum absolute atomic E-state index is 0.0360. The first-order valence-corrected chi connectivity index (χ1v) is 7.89. The van der Waals surface area contributed by atoms with Crippen molar-refractivity contribution in [3.05, 3.63) is 50.7 Å². The first-order valence-electron chi connectivity index (χ1n) is 6.72. The highest BCUT2D eigenvalue weighted by Gasteiger charge is 2.23. The molecule has 0 amide bonds. The molecule has 0 aliphatic rings. The zero-order valence-electron chi connectivity index (χ0n) is 12.4. The number of nitrogens with zero attached hydrogens (tertiary/aromatic N) is 2. The number of rotatable bonds is 6. The average molecular weight is 373 g/mol. The lowest BCUT2D eigenvalue weighted by atomic mass is 10.0. The van der Waals surface area contributed by atoms with Crippen LogP contribution in [-0.2, 0) is 11.3 Å². The summed E-state index contributed by atoms with van der Waals surface area (Å²) in [6.07, 6.45) is 1.80. The summed E-state index contributed by atoms with van der Waals surface area (Å²) in [6, 6.07) is 6.03. The van der Waals surface area contributed by atoms with E-state index >= 15 is 0 Å². The minimum atomic E-state index is -0.0360. The van der Waals surface area contributed by atoms with E-state index < -0.39 is 0 Å². The van der Waals surface area contributed by atoms with Gasteiger partial charge in [0.15, 0.2) is 0 Å². The van der Waals surface area contributed by atoms with Crippen molar-refractivity contribution >= 4 is 27.5 Å². The standard InChI is InChI=1S/C15H19BrClN3O/c1-10-5-4-6-11(13(10)17)14(18-2)15-12(16)9-19-20(15)7-8-21-3/h4-6,9,14,18H,7-8H2,1-3H3. The molecule has 1 atom stereocenters. The van der Waals surface area contributed by atoms with Crippen LogP contribution >= 0.6 is 27.5 Å². The van der Waals surface area contributed by atoms with E-state index in [1.165, 1.54) is 0 Å². The molecular weight excluding hydrogens is 354 g/mol. The van der Waals surface area contributed by atoms with Gasteiger partial charge in [0, 0.05) is 12.1 Å². The number of methoxy groups -OCH3 is 1. The number of hydrogen-bond acceptors (Lipinski definition) is 3.